The molecule has 0 aliphatic carbocycles. The molecule has 0 spiro atoms. The molecule has 17 heavy (non-hydrogen) atoms. The number of hydrogen-bond donors (Lipinski definition) is 0. The number of nitrogens with zero attached hydrogens (tertiary/aromatic N) is 1. The molecule has 0 aliphatic heterocycles. The molecule has 0 saturated heterocycles. The van der Waals surface area contributed by atoms with Crippen molar-refractivity contribution in [2.45, 2.75) is 19.8 Å². The van der Waals surface area contributed by atoms with Crippen LogP contribution in [0.5, 0.6) is 0 Å². The number of hydrogen-bond acceptors (Lipinski definition) is 2. The summed E-state index contributed by atoms with van der Waals surface area (Å²) in [5.74, 6) is 0.650. The molecule has 0 saturated carbocycles. The summed E-state index contributed by atoms with van der Waals surface area (Å²) in [6.07, 6.45) is 4.23. The van der Waals surface area contributed by atoms with E-state index in [2.05, 4.69) is 52.1 Å². The van der Waals surface area contributed by atoms with E-state index < -0.39 is 0 Å². The Kier molecular flexibility index (Phi) is 4.75. The molecule has 1 nitrogen and oxygen atoms in total. The molecule has 1 aromatic carbocycles. The van der Waals surface area contributed by atoms with Gasteiger partial charge in [0.1, 0.15) is 0 Å². The largest absolute Gasteiger partial charge is 0.253 e. The molecule has 90 valence electrons. The summed E-state index contributed by atoms with van der Waals surface area (Å²) < 4.78 is 0. The lowest BCUT2D eigenvalue weighted by molar-refractivity contribution is 0.596. The van der Waals surface area contributed by atoms with Crippen molar-refractivity contribution in [3.05, 3.63) is 52.0 Å². The predicted octanol–water partition coefficient (Wildman–Crippen LogP) is 4.25. The van der Waals surface area contributed by atoms with E-state index in [-0.39, 0.29) is 0 Å². The van der Waals surface area contributed by atoms with Crippen molar-refractivity contribution in [2.24, 2.45) is 5.92 Å². The van der Waals surface area contributed by atoms with Crippen LogP contribution in [0.2, 0.25) is 0 Å². The molecule has 0 N–H and O–H groups in total. The molecule has 0 radical (unpaired) electrons. The second-order valence-corrected chi connectivity index (χ2v) is 6.00. The van der Waals surface area contributed by atoms with Crippen LogP contribution < -0.4 is 0 Å². The normalized spacial score (nSPS) is 12.6. The number of benzene rings is 1. The molecule has 1 aromatic heterocycles. The zero-order valence-electron chi connectivity index (χ0n) is 9.90. The second kappa shape index (κ2) is 6.31. The first kappa shape index (κ1) is 12.8. The first-order valence-electron chi connectivity index (χ1n) is 5.77. The van der Waals surface area contributed by atoms with Crippen LogP contribution in [0.25, 0.3) is 0 Å². The Balaban J connectivity index is 2.00. The van der Waals surface area contributed by atoms with E-state index in [1.54, 1.807) is 11.3 Å². The van der Waals surface area contributed by atoms with Gasteiger partial charge >= 0.3 is 0 Å². The standard InChI is InChI=1S/C14H16BrNS/c1-11-3-2-4-12(5-11)6-13(8-15)7-14-9-16-10-17-14/h2-5,9-10,13H,6-8H2,1H3. The van der Waals surface area contributed by atoms with Crippen LogP contribution in [0.1, 0.15) is 16.0 Å². The second-order valence-electron chi connectivity index (χ2n) is 4.39. The molecule has 0 amide bonds. The average molecular weight is 310 g/mol. The van der Waals surface area contributed by atoms with Gasteiger partial charge in [-0.1, -0.05) is 45.8 Å². The number of aromatic nitrogens is 1. The summed E-state index contributed by atoms with van der Waals surface area (Å²) in [6, 6.07) is 8.79. The van der Waals surface area contributed by atoms with Crippen molar-refractivity contribution in [3.63, 3.8) is 0 Å². The lowest BCUT2D eigenvalue weighted by Crippen LogP contribution is -2.09. The topological polar surface area (TPSA) is 12.9 Å². The van der Waals surface area contributed by atoms with E-state index in [0.29, 0.717) is 5.92 Å². The molecule has 1 heterocycles. The number of rotatable bonds is 5. The van der Waals surface area contributed by atoms with Gasteiger partial charge in [-0.25, -0.2) is 0 Å². The van der Waals surface area contributed by atoms with Crippen molar-refractivity contribution < 1.29 is 0 Å². The minimum absolute atomic E-state index is 0.650. The van der Waals surface area contributed by atoms with Crippen LogP contribution in [-0.4, -0.2) is 10.3 Å². The summed E-state index contributed by atoms with van der Waals surface area (Å²) in [6.45, 7) is 2.15. The summed E-state index contributed by atoms with van der Waals surface area (Å²) in [5, 5.41) is 1.04. The maximum Gasteiger partial charge on any atom is 0.0794 e. The highest BCUT2D eigenvalue weighted by molar-refractivity contribution is 9.09. The van der Waals surface area contributed by atoms with E-state index >= 15 is 0 Å². The van der Waals surface area contributed by atoms with Crippen LogP contribution in [-0.2, 0) is 12.8 Å². The Morgan fingerprint density at radius 3 is 2.88 bits per heavy atom. The Morgan fingerprint density at radius 1 is 1.35 bits per heavy atom. The molecule has 2 aromatic rings. The Bertz CT molecular complexity index is 453. The molecule has 0 aliphatic rings. The van der Waals surface area contributed by atoms with Crippen molar-refractivity contribution in [1.29, 1.82) is 0 Å². The van der Waals surface area contributed by atoms with Gasteiger partial charge in [-0.2, -0.15) is 0 Å². The van der Waals surface area contributed by atoms with Gasteiger partial charge in [0.05, 0.1) is 5.51 Å². The Hall–Kier alpha value is -0.670. The third-order valence-electron chi connectivity index (χ3n) is 2.80. The van der Waals surface area contributed by atoms with Crippen molar-refractivity contribution in [3.8, 4) is 0 Å². The molecule has 1 atom stereocenters. The summed E-state index contributed by atoms with van der Waals surface area (Å²) in [4.78, 5) is 5.51. The SMILES string of the molecule is Cc1cccc(CC(CBr)Cc2cncs2)c1. The molecule has 0 bridgehead atoms. The van der Waals surface area contributed by atoms with Crippen LogP contribution in [0, 0.1) is 12.8 Å². The van der Waals surface area contributed by atoms with Gasteiger partial charge in [-0.05, 0) is 31.2 Å². The Morgan fingerprint density at radius 2 is 2.24 bits per heavy atom. The average Bonchev–Trinajstić information content (AvgIpc) is 2.81. The van der Waals surface area contributed by atoms with Crippen molar-refractivity contribution in [1.82, 2.24) is 4.98 Å². The molecule has 2 rings (SSSR count). The van der Waals surface area contributed by atoms with Gasteiger partial charge in [-0.15, -0.1) is 11.3 Å². The highest BCUT2D eigenvalue weighted by atomic mass is 79.9. The fourth-order valence-corrected chi connectivity index (χ4v) is 3.15. The number of halogens is 1. The van der Waals surface area contributed by atoms with Gasteiger partial charge < -0.3 is 0 Å². The zero-order chi connectivity index (χ0) is 12.1. The Labute approximate surface area is 115 Å². The van der Waals surface area contributed by atoms with Crippen LogP contribution in [0.4, 0.5) is 0 Å². The third kappa shape index (κ3) is 3.93. The highest BCUT2D eigenvalue weighted by Gasteiger charge is 2.10. The van der Waals surface area contributed by atoms with Gasteiger partial charge in [0, 0.05) is 16.4 Å². The predicted molar refractivity (Wildman–Crippen MR) is 78.0 cm³/mol. The third-order valence-corrected chi connectivity index (χ3v) is 4.52. The van der Waals surface area contributed by atoms with E-state index in [1.165, 1.54) is 16.0 Å². The summed E-state index contributed by atoms with van der Waals surface area (Å²) in [7, 11) is 0. The molecule has 1 unspecified atom stereocenters. The number of aryl methyl sites for hydroxylation is 1. The smallest absolute Gasteiger partial charge is 0.0794 e. The lowest BCUT2D eigenvalue weighted by Gasteiger charge is -2.13. The van der Waals surface area contributed by atoms with E-state index in [4.69, 9.17) is 0 Å². The van der Waals surface area contributed by atoms with Gasteiger partial charge in [0.2, 0.25) is 0 Å². The first-order chi connectivity index (χ1) is 8.28. The maximum atomic E-state index is 4.13. The van der Waals surface area contributed by atoms with Gasteiger partial charge in [0.25, 0.3) is 0 Å². The van der Waals surface area contributed by atoms with Gasteiger partial charge in [-0.3, -0.25) is 4.98 Å². The number of alkyl halides is 1. The quantitative estimate of drug-likeness (QED) is 0.753. The van der Waals surface area contributed by atoms with Gasteiger partial charge in [0.15, 0.2) is 0 Å². The van der Waals surface area contributed by atoms with Crippen LogP contribution >= 0.6 is 27.3 Å². The molecule has 0 fully saturated rings. The fourth-order valence-electron chi connectivity index (χ4n) is 1.98. The fraction of sp³-hybridized carbons (Fsp3) is 0.357. The van der Waals surface area contributed by atoms with E-state index in [0.717, 1.165) is 18.2 Å². The summed E-state index contributed by atoms with van der Waals surface area (Å²) in [5.41, 5.74) is 4.68. The monoisotopic (exact) mass is 309 g/mol. The summed E-state index contributed by atoms with van der Waals surface area (Å²) >= 11 is 5.37. The van der Waals surface area contributed by atoms with Crippen molar-refractivity contribution in [2.75, 3.05) is 5.33 Å². The zero-order valence-corrected chi connectivity index (χ0v) is 12.3. The molecule has 3 heteroatoms. The maximum absolute atomic E-state index is 4.13. The highest BCUT2D eigenvalue weighted by Crippen LogP contribution is 2.19. The van der Waals surface area contributed by atoms with E-state index in [9.17, 15) is 0 Å². The molecular weight excluding hydrogens is 294 g/mol. The van der Waals surface area contributed by atoms with Crippen LogP contribution in [0.3, 0.4) is 0 Å². The minimum Gasteiger partial charge on any atom is -0.253 e. The first-order valence-corrected chi connectivity index (χ1v) is 7.77. The van der Waals surface area contributed by atoms with E-state index in [1.807, 2.05) is 11.7 Å². The lowest BCUT2D eigenvalue weighted by atomic mass is 9.97. The minimum atomic E-state index is 0.650. The molecular formula is C14H16BrNS. The number of thiazole rings is 1. The van der Waals surface area contributed by atoms with Crippen LogP contribution in [0.15, 0.2) is 36.0 Å². The van der Waals surface area contributed by atoms with Crippen molar-refractivity contribution >= 4 is 27.3 Å².